The number of aliphatic hydroxyl groups is 2. The molecule has 3 N–H and O–H groups in total. The minimum Gasteiger partial charge on any atom is -0.394 e. The number of piperazine rings is 1. The van der Waals surface area contributed by atoms with Crippen LogP contribution in [0.1, 0.15) is 5.69 Å². The van der Waals surface area contributed by atoms with E-state index in [-0.39, 0.29) is 18.8 Å². The van der Waals surface area contributed by atoms with Crippen molar-refractivity contribution in [1.29, 1.82) is 0 Å². The SMILES string of the molecule is OC[C@@H]1O[C@H](CNCc2ccccn2)[C@@H](N2CCN(c3ccccc3)CC2)[C@@H]1O. The lowest BCUT2D eigenvalue weighted by Gasteiger charge is -2.41. The van der Waals surface area contributed by atoms with Gasteiger partial charge in [0.1, 0.15) is 12.2 Å². The monoisotopic (exact) mass is 398 g/mol. The summed E-state index contributed by atoms with van der Waals surface area (Å²) < 4.78 is 6.00. The molecule has 3 heterocycles. The van der Waals surface area contributed by atoms with E-state index in [1.807, 2.05) is 24.3 Å². The summed E-state index contributed by atoms with van der Waals surface area (Å²) in [7, 11) is 0. The van der Waals surface area contributed by atoms with Crippen molar-refractivity contribution in [2.24, 2.45) is 0 Å². The number of rotatable bonds is 7. The zero-order valence-electron chi connectivity index (χ0n) is 16.6. The van der Waals surface area contributed by atoms with E-state index in [2.05, 4.69) is 44.4 Å². The minimum atomic E-state index is -0.690. The van der Waals surface area contributed by atoms with Crippen LogP contribution in [-0.2, 0) is 11.3 Å². The molecule has 2 aliphatic rings. The summed E-state index contributed by atoms with van der Waals surface area (Å²) in [5.41, 5.74) is 2.20. The molecule has 0 unspecified atom stereocenters. The van der Waals surface area contributed by atoms with E-state index in [1.54, 1.807) is 6.20 Å². The van der Waals surface area contributed by atoms with Gasteiger partial charge in [-0.1, -0.05) is 24.3 Å². The standard InChI is InChI=1S/C22H30N4O3/c27-16-20-22(28)21(19(29-20)15-23-14-17-6-4-5-9-24-17)26-12-10-25(11-13-26)18-7-2-1-3-8-18/h1-9,19-23,27-28H,10-16H2/t19-,20+,21-,22-/m1/s1. The Labute approximate surface area is 171 Å². The van der Waals surface area contributed by atoms with Gasteiger partial charge in [0.25, 0.3) is 0 Å². The number of pyridine rings is 1. The second-order valence-electron chi connectivity index (χ2n) is 7.69. The molecular formula is C22H30N4O3. The van der Waals surface area contributed by atoms with Crippen LogP contribution in [0.4, 0.5) is 5.69 Å². The Morgan fingerprint density at radius 1 is 1.00 bits per heavy atom. The lowest BCUT2D eigenvalue weighted by atomic mass is 10.0. The second kappa shape index (κ2) is 9.65. The first-order valence-electron chi connectivity index (χ1n) is 10.4. The smallest absolute Gasteiger partial charge is 0.109 e. The van der Waals surface area contributed by atoms with Crippen LogP contribution in [0.2, 0.25) is 0 Å². The summed E-state index contributed by atoms with van der Waals surface area (Å²) in [5.74, 6) is 0. The van der Waals surface area contributed by atoms with Crippen LogP contribution in [0.5, 0.6) is 0 Å². The van der Waals surface area contributed by atoms with Crippen LogP contribution >= 0.6 is 0 Å². The summed E-state index contributed by atoms with van der Waals surface area (Å²) in [6.07, 6.45) is 0.386. The number of para-hydroxylation sites is 1. The largest absolute Gasteiger partial charge is 0.394 e. The Morgan fingerprint density at radius 2 is 1.76 bits per heavy atom. The number of aromatic nitrogens is 1. The van der Waals surface area contributed by atoms with Crippen LogP contribution in [0.25, 0.3) is 0 Å². The first-order chi connectivity index (χ1) is 14.3. The van der Waals surface area contributed by atoms with E-state index >= 15 is 0 Å². The van der Waals surface area contributed by atoms with Crippen molar-refractivity contribution >= 4 is 5.69 Å². The highest BCUT2D eigenvalue weighted by Gasteiger charge is 2.46. The van der Waals surface area contributed by atoms with E-state index in [1.165, 1.54) is 5.69 Å². The topological polar surface area (TPSA) is 81.1 Å². The molecule has 7 nitrogen and oxygen atoms in total. The number of hydrogen-bond donors (Lipinski definition) is 3. The highest BCUT2D eigenvalue weighted by Crippen LogP contribution is 2.27. The molecule has 4 rings (SSSR count). The third-order valence-corrected chi connectivity index (χ3v) is 5.88. The molecule has 0 bridgehead atoms. The molecule has 7 heteroatoms. The number of anilines is 1. The number of nitrogens with one attached hydrogen (secondary N) is 1. The van der Waals surface area contributed by atoms with E-state index in [0.29, 0.717) is 13.1 Å². The van der Waals surface area contributed by atoms with Gasteiger partial charge in [-0.15, -0.1) is 0 Å². The van der Waals surface area contributed by atoms with Crippen molar-refractivity contribution in [3.8, 4) is 0 Å². The van der Waals surface area contributed by atoms with Gasteiger partial charge in [0.15, 0.2) is 0 Å². The molecule has 1 aromatic heterocycles. The fourth-order valence-corrected chi connectivity index (χ4v) is 4.36. The van der Waals surface area contributed by atoms with Crippen molar-refractivity contribution in [3.05, 3.63) is 60.4 Å². The Hall–Kier alpha value is -2.03. The highest BCUT2D eigenvalue weighted by atomic mass is 16.5. The van der Waals surface area contributed by atoms with E-state index in [0.717, 1.165) is 31.9 Å². The maximum Gasteiger partial charge on any atom is 0.109 e. The normalized spacial score (nSPS) is 28.0. The number of nitrogens with zero attached hydrogens (tertiary/aromatic N) is 3. The Morgan fingerprint density at radius 3 is 2.45 bits per heavy atom. The van der Waals surface area contributed by atoms with Crippen molar-refractivity contribution in [2.75, 3.05) is 44.2 Å². The average Bonchev–Trinajstić information content (AvgIpc) is 3.10. The molecule has 156 valence electrons. The maximum atomic E-state index is 10.8. The minimum absolute atomic E-state index is 0.124. The molecule has 2 saturated heterocycles. The quantitative estimate of drug-likeness (QED) is 0.626. The fraction of sp³-hybridized carbons (Fsp3) is 0.500. The van der Waals surface area contributed by atoms with Crippen LogP contribution in [0.3, 0.4) is 0 Å². The molecule has 2 aromatic rings. The molecule has 0 amide bonds. The van der Waals surface area contributed by atoms with Crippen molar-refractivity contribution < 1.29 is 14.9 Å². The van der Waals surface area contributed by atoms with Crippen molar-refractivity contribution in [3.63, 3.8) is 0 Å². The average molecular weight is 399 g/mol. The van der Waals surface area contributed by atoms with Gasteiger partial charge in [-0.3, -0.25) is 9.88 Å². The van der Waals surface area contributed by atoms with Gasteiger partial charge < -0.3 is 25.2 Å². The Balaban J connectivity index is 1.36. The highest BCUT2D eigenvalue weighted by molar-refractivity contribution is 5.46. The van der Waals surface area contributed by atoms with Crippen LogP contribution < -0.4 is 10.2 Å². The molecule has 2 aliphatic heterocycles. The first kappa shape index (κ1) is 20.3. The molecular weight excluding hydrogens is 368 g/mol. The molecule has 0 spiro atoms. The van der Waals surface area contributed by atoms with Crippen LogP contribution in [0, 0.1) is 0 Å². The summed E-state index contributed by atoms with van der Waals surface area (Å²) in [5, 5.41) is 23.8. The molecule has 0 aliphatic carbocycles. The molecule has 4 atom stereocenters. The van der Waals surface area contributed by atoms with Crippen LogP contribution in [-0.4, -0.2) is 83.8 Å². The first-order valence-corrected chi connectivity index (χ1v) is 10.4. The third-order valence-electron chi connectivity index (χ3n) is 5.88. The third kappa shape index (κ3) is 4.76. The number of benzene rings is 1. The van der Waals surface area contributed by atoms with Gasteiger partial charge in [-0.2, -0.15) is 0 Å². The van der Waals surface area contributed by atoms with Crippen molar-refractivity contribution in [1.82, 2.24) is 15.2 Å². The molecule has 1 aromatic carbocycles. The molecule has 0 radical (unpaired) electrons. The lowest BCUT2D eigenvalue weighted by Crippen LogP contribution is -2.57. The van der Waals surface area contributed by atoms with Gasteiger partial charge in [-0.25, -0.2) is 0 Å². The van der Waals surface area contributed by atoms with Gasteiger partial charge in [0, 0.05) is 51.2 Å². The number of aliphatic hydroxyl groups excluding tert-OH is 2. The predicted octanol–water partition coefficient (Wildman–Crippen LogP) is 0.483. The second-order valence-corrected chi connectivity index (χ2v) is 7.69. The maximum absolute atomic E-state index is 10.8. The van der Waals surface area contributed by atoms with Gasteiger partial charge >= 0.3 is 0 Å². The zero-order valence-corrected chi connectivity index (χ0v) is 16.6. The summed E-state index contributed by atoms with van der Waals surface area (Å²) in [4.78, 5) is 9.01. The summed E-state index contributed by atoms with van der Waals surface area (Å²) >= 11 is 0. The van der Waals surface area contributed by atoms with Crippen LogP contribution in [0.15, 0.2) is 54.7 Å². The predicted molar refractivity (Wildman–Crippen MR) is 112 cm³/mol. The van der Waals surface area contributed by atoms with E-state index in [4.69, 9.17) is 4.74 Å². The lowest BCUT2D eigenvalue weighted by molar-refractivity contribution is -0.0213. The Bertz CT molecular complexity index is 740. The van der Waals surface area contributed by atoms with Gasteiger partial charge in [0.05, 0.1) is 24.4 Å². The number of ether oxygens (including phenoxy) is 1. The Kier molecular flexibility index (Phi) is 6.74. The van der Waals surface area contributed by atoms with Gasteiger partial charge in [0.2, 0.25) is 0 Å². The van der Waals surface area contributed by atoms with Gasteiger partial charge in [-0.05, 0) is 24.3 Å². The fourth-order valence-electron chi connectivity index (χ4n) is 4.36. The van der Waals surface area contributed by atoms with E-state index in [9.17, 15) is 10.2 Å². The van der Waals surface area contributed by atoms with Crippen molar-refractivity contribution in [2.45, 2.75) is 30.9 Å². The summed E-state index contributed by atoms with van der Waals surface area (Å²) in [6, 6.07) is 16.1. The molecule has 29 heavy (non-hydrogen) atoms. The van der Waals surface area contributed by atoms with E-state index < -0.39 is 12.2 Å². The molecule has 0 saturated carbocycles. The summed E-state index contributed by atoms with van der Waals surface area (Å²) in [6.45, 7) is 4.61. The molecule has 2 fully saturated rings. The number of hydrogen-bond acceptors (Lipinski definition) is 7. The zero-order chi connectivity index (χ0) is 20.1.